The summed E-state index contributed by atoms with van der Waals surface area (Å²) in [6.07, 6.45) is 3.23. The van der Waals surface area contributed by atoms with Crippen LogP contribution in [-0.4, -0.2) is 22.3 Å². The molecule has 0 saturated heterocycles. The summed E-state index contributed by atoms with van der Waals surface area (Å²) < 4.78 is 18.1. The third-order valence-electron chi connectivity index (χ3n) is 3.71. The fraction of sp³-hybridized carbons (Fsp3) is 0.263. The Morgan fingerprint density at radius 3 is 2.96 bits per heavy atom. The average Bonchev–Trinajstić information content (AvgIpc) is 3.30. The summed E-state index contributed by atoms with van der Waals surface area (Å²) in [5.74, 6) is 1.05. The molecule has 0 radical (unpaired) electrons. The second-order valence-corrected chi connectivity index (χ2v) is 6.22. The molecule has 7 nitrogen and oxygen atoms in total. The number of carbonyl (C=O) groups excluding carboxylic acids is 1. The van der Waals surface area contributed by atoms with E-state index in [2.05, 4.69) is 10.4 Å². The predicted molar refractivity (Wildman–Crippen MR) is 101 cm³/mol. The third kappa shape index (κ3) is 5.12. The number of benzene rings is 1. The highest BCUT2D eigenvalue weighted by atomic mass is 35.5. The molecule has 0 aliphatic carbocycles. The van der Waals surface area contributed by atoms with Gasteiger partial charge in [-0.1, -0.05) is 11.6 Å². The second-order valence-electron chi connectivity index (χ2n) is 5.81. The molecule has 142 valence electrons. The SMILES string of the molecule is CCOCn1cc(NC(=O)c2ccc(COc3ccc(Cl)c(C)c3)o2)cn1. The zero-order valence-corrected chi connectivity index (χ0v) is 15.8. The minimum absolute atomic E-state index is 0.193. The van der Waals surface area contributed by atoms with Gasteiger partial charge in [-0.3, -0.25) is 4.79 Å². The highest BCUT2D eigenvalue weighted by Crippen LogP contribution is 2.22. The molecule has 2 aromatic heterocycles. The Bertz CT molecular complexity index is 919. The molecule has 0 spiro atoms. The van der Waals surface area contributed by atoms with Gasteiger partial charge in [0, 0.05) is 11.6 Å². The molecule has 0 aliphatic rings. The standard InChI is InChI=1S/C19H20ClN3O4/c1-3-25-12-23-10-14(9-21-23)22-19(24)18-7-5-16(27-18)11-26-15-4-6-17(20)13(2)8-15/h4-10H,3,11-12H2,1-2H3,(H,22,24). The summed E-state index contributed by atoms with van der Waals surface area (Å²) in [4.78, 5) is 12.3. The summed E-state index contributed by atoms with van der Waals surface area (Å²) >= 11 is 6.00. The molecule has 2 heterocycles. The van der Waals surface area contributed by atoms with Gasteiger partial charge >= 0.3 is 0 Å². The highest BCUT2D eigenvalue weighted by molar-refractivity contribution is 6.31. The first-order valence-corrected chi connectivity index (χ1v) is 8.82. The van der Waals surface area contributed by atoms with Crippen molar-refractivity contribution < 1.29 is 18.7 Å². The second kappa shape index (κ2) is 8.75. The molecule has 3 rings (SSSR count). The molecule has 1 amide bonds. The molecule has 0 fully saturated rings. The van der Waals surface area contributed by atoms with Gasteiger partial charge in [0.2, 0.25) is 0 Å². The van der Waals surface area contributed by atoms with Crippen molar-refractivity contribution in [3.05, 3.63) is 64.8 Å². The van der Waals surface area contributed by atoms with Gasteiger partial charge in [0.05, 0.1) is 18.1 Å². The van der Waals surface area contributed by atoms with Crippen LogP contribution in [0.2, 0.25) is 5.02 Å². The number of anilines is 1. The largest absolute Gasteiger partial charge is 0.486 e. The minimum atomic E-state index is -0.362. The number of hydrogen-bond donors (Lipinski definition) is 1. The number of amides is 1. The molecular formula is C19H20ClN3O4. The molecule has 1 aromatic carbocycles. The lowest BCUT2D eigenvalue weighted by Gasteiger charge is -2.06. The summed E-state index contributed by atoms with van der Waals surface area (Å²) in [5.41, 5.74) is 1.49. The van der Waals surface area contributed by atoms with Crippen LogP contribution in [0.5, 0.6) is 5.75 Å². The van der Waals surface area contributed by atoms with Crippen LogP contribution in [-0.2, 0) is 18.1 Å². The van der Waals surface area contributed by atoms with E-state index < -0.39 is 0 Å². The Labute approximate surface area is 161 Å². The van der Waals surface area contributed by atoms with Gasteiger partial charge in [-0.2, -0.15) is 5.10 Å². The van der Waals surface area contributed by atoms with E-state index in [1.165, 1.54) is 0 Å². The molecule has 0 unspecified atom stereocenters. The first-order chi connectivity index (χ1) is 13.0. The Balaban J connectivity index is 1.55. The van der Waals surface area contributed by atoms with E-state index in [1.54, 1.807) is 41.3 Å². The maximum absolute atomic E-state index is 12.3. The molecule has 0 bridgehead atoms. The van der Waals surface area contributed by atoms with Crippen LogP contribution in [0.25, 0.3) is 0 Å². The minimum Gasteiger partial charge on any atom is -0.486 e. The highest BCUT2D eigenvalue weighted by Gasteiger charge is 2.13. The number of hydrogen-bond acceptors (Lipinski definition) is 5. The van der Waals surface area contributed by atoms with Crippen LogP contribution in [0.3, 0.4) is 0 Å². The fourth-order valence-electron chi connectivity index (χ4n) is 2.32. The maximum atomic E-state index is 12.3. The van der Waals surface area contributed by atoms with E-state index in [9.17, 15) is 4.79 Å². The summed E-state index contributed by atoms with van der Waals surface area (Å²) in [6.45, 7) is 4.94. The van der Waals surface area contributed by atoms with Gasteiger partial charge in [0.1, 0.15) is 24.8 Å². The summed E-state index contributed by atoms with van der Waals surface area (Å²) in [7, 11) is 0. The fourth-order valence-corrected chi connectivity index (χ4v) is 2.43. The van der Waals surface area contributed by atoms with Crippen molar-refractivity contribution in [1.82, 2.24) is 9.78 Å². The number of ether oxygens (including phenoxy) is 2. The number of aryl methyl sites for hydroxylation is 1. The van der Waals surface area contributed by atoms with E-state index in [0.717, 1.165) is 5.56 Å². The number of furan rings is 1. The van der Waals surface area contributed by atoms with Crippen LogP contribution >= 0.6 is 11.6 Å². The first kappa shape index (κ1) is 19.0. The molecule has 0 saturated carbocycles. The number of nitrogens with zero attached hydrogens (tertiary/aromatic N) is 2. The number of nitrogens with one attached hydrogen (secondary N) is 1. The predicted octanol–water partition coefficient (Wildman–Crippen LogP) is 4.26. The van der Waals surface area contributed by atoms with E-state index in [4.69, 9.17) is 25.5 Å². The van der Waals surface area contributed by atoms with Crippen molar-refractivity contribution in [3.63, 3.8) is 0 Å². The van der Waals surface area contributed by atoms with E-state index >= 15 is 0 Å². The molecule has 8 heteroatoms. The number of carbonyl (C=O) groups is 1. The Kier molecular flexibility index (Phi) is 6.16. The third-order valence-corrected chi connectivity index (χ3v) is 4.14. The molecule has 1 N–H and O–H groups in total. The van der Waals surface area contributed by atoms with E-state index in [1.807, 2.05) is 19.9 Å². The topological polar surface area (TPSA) is 78.5 Å². The Morgan fingerprint density at radius 1 is 1.33 bits per heavy atom. The molecule has 3 aromatic rings. The molecule has 0 aliphatic heterocycles. The molecule has 0 atom stereocenters. The number of aromatic nitrogens is 2. The zero-order valence-electron chi connectivity index (χ0n) is 15.1. The quantitative estimate of drug-likeness (QED) is 0.622. The smallest absolute Gasteiger partial charge is 0.291 e. The van der Waals surface area contributed by atoms with Crippen LogP contribution in [0, 0.1) is 6.92 Å². The average molecular weight is 390 g/mol. The Morgan fingerprint density at radius 2 is 2.19 bits per heavy atom. The van der Waals surface area contributed by atoms with E-state index in [-0.39, 0.29) is 18.3 Å². The van der Waals surface area contributed by atoms with Gasteiger partial charge in [0.15, 0.2) is 5.76 Å². The zero-order chi connectivity index (χ0) is 19.2. The van der Waals surface area contributed by atoms with Gasteiger partial charge in [-0.05, 0) is 49.7 Å². The summed E-state index contributed by atoms with van der Waals surface area (Å²) in [5, 5.41) is 7.51. The van der Waals surface area contributed by atoms with Crippen molar-refractivity contribution in [2.75, 3.05) is 11.9 Å². The van der Waals surface area contributed by atoms with Crippen LogP contribution in [0.1, 0.15) is 28.8 Å². The van der Waals surface area contributed by atoms with Crippen molar-refractivity contribution in [2.24, 2.45) is 0 Å². The van der Waals surface area contributed by atoms with Gasteiger partial charge in [0.25, 0.3) is 5.91 Å². The van der Waals surface area contributed by atoms with Gasteiger partial charge in [-0.15, -0.1) is 0 Å². The van der Waals surface area contributed by atoms with Crippen molar-refractivity contribution in [1.29, 1.82) is 0 Å². The van der Waals surface area contributed by atoms with Crippen LogP contribution in [0.15, 0.2) is 47.1 Å². The van der Waals surface area contributed by atoms with Crippen molar-refractivity contribution in [3.8, 4) is 5.75 Å². The lowest BCUT2D eigenvalue weighted by Crippen LogP contribution is -2.10. The van der Waals surface area contributed by atoms with Gasteiger partial charge in [-0.25, -0.2) is 4.68 Å². The summed E-state index contributed by atoms with van der Waals surface area (Å²) in [6, 6.07) is 8.71. The van der Waals surface area contributed by atoms with Crippen LogP contribution in [0.4, 0.5) is 5.69 Å². The molecular weight excluding hydrogens is 370 g/mol. The molecule has 27 heavy (non-hydrogen) atoms. The number of rotatable bonds is 8. The van der Waals surface area contributed by atoms with Gasteiger partial charge < -0.3 is 19.2 Å². The first-order valence-electron chi connectivity index (χ1n) is 8.44. The monoisotopic (exact) mass is 389 g/mol. The normalized spacial score (nSPS) is 10.8. The maximum Gasteiger partial charge on any atom is 0.291 e. The van der Waals surface area contributed by atoms with Crippen molar-refractivity contribution >= 4 is 23.2 Å². The number of halogens is 1. The lowest BCUT2D eigenvalue weighted by atomic mass is 10.2. The van der Waals surface area contributed by atoms with Crippen LogP contribution < -0.4 is 10.1 Å². The van der Waals surface area contributed by atoms with Crippen molar-refractivity contribution in [2.45, 2.75) is 27.2 Å². The Hall–Kier alpha value is -2.77. The lowest BCUT2D eigenvalue weighted by molar-refractivity contribution is 0.0792. The van der Waals surface area contributed by atoms with E-state index in [0.29, 0.717) is 35.6 Å².